The van der Waals surface area contributed by atoms with Crippen LogP contribution >= 0.6 is 0 Å². The van der Waals surface area contributed by atoms with Crippen LogP contribution in [0, 0.1) is 0 Å². The molecule has 0 bridgehead atoms. The van der Waals surface area contributed by atoms with Crippen molar-refractivity contribution in [1.29, 1.82) is 0 Å². The van der Waals surface area contributed by atoms with E-state index in [1.807, 2.05) is 4.90 Å². The summed E-state index contributed by atoms with van der Waals surface area (Å²) in [5.74, 6) is 0.276. The second-order valence-electron chi connectivity index (χ2n) is 8.03. The Morgan fingerprint density at radius 3 is 2.93 bits per heavy atom. The maximum Gasteiger partial charge on any atom is 0.263 e. The van der Waals surface area contributed by atoms with Crippen molar-refractivity contribution in [3.63, 3.8) is 0 Å². The Kier molecular flexibility index (Phi) is 5.92. The largest absolute Gasteiger partial charge is 0.374 e. The average molecular weight is 420 g/mol. The highest BCUT2D eigenvalue weighted by Gasteiger charge is 2.39. The first-order valence-electron chi connectivity index (χ1n) is 10.6. The van der Waals surface area contributed by atoms with E-state index in [2.05, 4.69) is 16.6 Å². The van der Waals surface area contributed by atoms with E-state index in [0.29, 0.717) is 25.1 Å². The Hall–Kier alpha value is -1.93. The number of nitrogens with zero attached hydrogens (tertiary/aromatic N) is 2. The molecule has 7 nitrogen and oxygen atoms in total. The van der Waals surface area contributed by atoms with Crippen molar-refractivity contribution in [1.82, 2.24) is 9.62 Å². The fourth-order valence-electron chi connectivity index (χ4n) is 4.59. The van der Waals surface area contributed by atoms with Gasteiger partial charge in [-0.05, 0) is 31.4 Å². The van der Waals surface area contributed by atoms with Gasteiger partial charge in [-0.2, -0.15) is 0 Å². The predicted octanol–water partition coefficient (Wildman–Crippen LogP) is 2.45. The van der Waals surface area contributed by atoms with Gasteiger partial charge in [-0.15, -0.1) is 0 Å². The van der Waals surface area contributed by atoms with E-state index in [1.165, 1.54) is 0 Å². The van der Waals surface area contributed by atoms with Gasteiger partial charge < -0.3 is 9.64 Å². The van der Waals surface area contributed by atoms with Gasteiger partial charge in [0.05, 0.1) is 23.6 Å². The van der Waals surface area contributed by atoms with Gasteiger partial charge in [-0.1, -0.05) is 44.7 Å². The van der Waals surface area contributed by atoms with Crippen molar-refractivity contribution < 1.29 is 17.9 Å². The summed E-state index contributed by atoms with van der Waals surface area (Å²) >= 11 is 0. The highest BCUT2D eigenvalue weighted by molar-refractivity contribution is 7.90. The number of morpholine rings is 1. The number of hydrogen-bond acceptors (Lipinski definition) is 5. The van der Waals surface area contributed by atoms with Gasteiger partial charge in [0.2, 0.25) is 5.91 Å². The summed E-state index contributed by atoms with van der Waals surface area (Å²) in [5.41, 5.74) is 0.541. The van der Waals surface area contributed by atoms with Gasteiger partial charge in [0.1, 0.15) is 11.9 Å². The summed E-state index contributed by atoms with van der Waals surface area (Å²) < 4.78 is 33.3. The molecule has 8 heteroatoms. The minimum Gasteiger partial charge on any atom is -0.374 e. The fourth-order valence-corrected chi connectivity index (χ4v) is 5.83. The van der Waals surface area contributed by atoms with Crippen molar-refractivity contribution in [3.8, 4) is 0 Å². The molecule has 158 valence electrons. The SMILES string of the molecule is CCCCC(N=C1NS(=O)(=O)c2ccccc21)C(=O)N1CCOC2CCCCC21. The molecule has 4 rings (SSSR count). The van der Waals surface area contributed by atoms with Crippen LogP contribution in [0.2, 0.25) is 0 Å². The second kappa shape index (κ2) is 8.44. The minimum absolute atomic E-state index is 0.00488. The topological polar surface area (TPSA) is 88.1 Å². The monoisotopic (exact) mass is 419 g/mol. The summed E-state index contributed by atoms with van der Waals surface area (Å²) in [6, 6.07) is 6.31. The van der Waals surface area contributed by atoms with Crippen LogP contribution in [-0.2, 0) is 19.6 Å². The van der Waals surface area contributed by atoms with Crippen LogP contribution < -0.4 is 4.72 Å². The Morgan fingerprint density at radius 2 is 2.10 bits per heavy atom. The second-order valence-corrected chi connectivity index (χ2v) is 9.68. The van der Waals surface area contributed by atoms with Crippen LogP contribution in [0.4, 0.5) is 0 Å². The number of amides is 1. The van der Waals surface area contributed by atoms with Gasteiger partial charge in [-0.3, -0.25) is 14.5 Å². The molecule has 1 saturated heterocycles. The summed E-state index contributed by atoms with van der Waals surface area (Å²) in [6.07, 6.45) is 6.74. The first-order valence-corrected chi connectivity index (χ1v) is 12.1. The summed E-state index contributed by atoms with van der Waals surface area (Å²) in [4.78, 5) is 20.3. The lowest BCUT2D eigenvalue weighted by atomic mass is 9.89. The lowest BCUT2D eigenvalue weighted by Gasteiger charge is -2.44. The van der Waals surface area contributed by atoms with E-state index in [9.17, 15) is 13.2 Å². The van der Waals surface area contributed by atoms with Crippen molar-refractivity contribution in [2.45, 2.75) is 75.0 Å². The molecular weight excluding hydrogens is 390 g/mol. The number of rotatable bonds is 5. The molecule has 2 fully saturated rings. The van der Waals surface area contributed by atoms with E-state index in [0.717, 1.165) is 38.5 Å². The summed E-state index contributed by atoms with van der Waals surface area (Å²) in [7, 11) is -3.62. The molecular formula is C21H29N3O4S. The van der Waals surface area contributed by atoms with Gasteiger partial charge in [0.25, 0.3) is 10.0 Å². The molecule has 1 N–H and O–H groups in total. The van der Waals surface area contributed by atoms with Gasteiger partial charge in [0.15, 0.2) is 0 Å². The zero-order valence-electron chi connectivity index (χ0n) is 16.8. The van der Waals surface area contributed by atoms with Crippen LogP contribution in [0.3, 0.4) is 0 Å². The number of carbonyl (C=O) groups is 1. The number of sulfonamides is 1. The van der Waals surface area contributed by atoms with E-state index in [4.69, 9.17) is 4.74 Å². The third-order valence-corrected chi connectivity index (χ3v) is 7.48. The highest BCUT2D eigenvalue weighted by atomic mass is 32.2. The zero-order valence-corrected chi connectivity index (χ0v) is 17.7. The molecule has 3 aliphatic rings. The van der Waals surface area contributed by atoms with Gasteiger partial charge >= 0.3 is 0 Å². The standard InChI is InChI=1S/C21H29N3O4S/c1-2-3-9-16(21(25)24-13-14-28-18-11-6-5-10-17(18)24)22-20-15-8-4-7-12-19(15)29(26,27)23-20/h4,7-8,12,16-18H,2-3,5-6,9-11,13-14H2,1H3,(H,22,23). The van der Waals surface area contributed by atoms with Crippen molar-refractivity contribution in [2.24, 2.45) is 4.99 Å². The molecule has 29 heavy (non-hydrogen) atoms. The van der Waals surface area contributed by atoms with Crippen molar-refractivity contribution in [3.05, 3.63) is 29.8 Å². The molecule has 0 spiro atoms. The molecule has 3 unspecified atom stereocenters. The number of unbranched alkanes of at least 4 members (excludes halogenated alkanes) is 1. The quantitative estimate of drug-likeness (QED) is 0.794. The number of hydrogen-bond donors (Lipinski definition) is 1. The van der Waals surface area contributed by atoms with Crippen LogP contribution in [0.25, 0.3) is 0 Å². The van der Waals surface area contributed by atoms with E-state index in [1.54, 1.807) is 24.3 Å². The number of nitrogens with one attached hydrogen (secondary N) is 1. The number of carbonyl (C=O) groups excluding carboxylic acids is 1. The van der Waals surface area contributed by atoms with E-state index in [-0.39, 0.29) is 28.8 Å². The Morgan fingerprint density at radius 1 is 1.31 bits per heavy atom. The molecule has 1 aromatic rings. The molecule has 1 amide bonds. The molecule has 3 atom stereocenters. The van der Waals surface area contributed by atoms with Crippen LogP contribution in [0.15, 0.2) is 34.2 Å². The number of aliphatic imine (C=N–C) groups is 1. The summed E-state index contributed by atoms with van der Waals surface area (Å²) in [5, 5.41) is 0. The molecule has 1 saturated carbocycles. The van der Waals surface area contributed by atoms with Crippen molar-refractivity contribution in [2.75, 3.05) is 13.2 Å². The average Bonchev–Trinajstić information content (AvgIpc) is 3.00. The molecule has 2 heterocycles. The summed E-state index contributed by atoms with van der Waals surface area (Å²) in [6.45, 7) is 3.21. The first kappa shape index (κ1) is 20.3. The smallest absolute Gasteiger partial charge is 0.263 e. The Labute approximate surface area is 172 Å². The lowest BCUT2D eigenvalue weighted by molar-refractivity contribution is -0.151. The van der Waals surface area contributed by atoms with Crippen molar-refractivity contribution >= 4 is 21.8 Å². The van der Waals surface area contributed by atoms with E-state index < -0.39 is 16.1 Å². The van der Waals surface area contributed by atoms with E-state index >= 15 is 0 Å². The Balaban J connectivity index is 1.63. The number of ether oxygens (including phenoxy) is 1. The van der Waals surface area contributed by atoms with Crippen LogP contribution in [-0.4, -0.2) is 56.4 Å². The number of benzene rings is 1. The molecule has 1 aromatic carbocycles. The zero-order chi connectivity index (χ0) is 20.4. The highest BCUT2D eigenvalue weighted by Crippen LogP contribution is 2.30. The first-order chi connectivity index (χ1) is 14.0. The predicted molar refractivity (Wildman–Crippen MR) is 110 cm³/mol. The third kappa shape index (κ3) is 4.05. The van der Waals surface area contributed by atoms with Gasteiger partial charge in [-0.25, -0.2) is 8.42 Å². The maximum atomic E-state index is 13.5. The molecule has 0 radical (unpaired) electrons. The minimum atomic E-state index is -3.62. The third-order valence-electron chi connectivity index (χ3n) is 6.08. The molecule has 2 aliphatic heterocycles. The van der Waals surface area contributed by atoms with Crippen LogP contribution in [0.5, 0.6) is 0 Å². The normalized spacial score (nSPS) is 27.8. The van der Waals surface area contributed by atoms with Gasteiger partial charge in [0, 0.05) is 12.1 Å². The Bertz CT molecular complexity index is 897. The maximum absolute atomic E-state index is 13.5. The lowest BCUT2D eigenvalue weighted by Crippen LogP contribution is -2.57. The molecule has 0 aromatic heterocycles. The molecule has 1 aliphatic carbocycles. The number of fused-ring (bicyclic) bond motifs is 2. The van der Waals surface area contributed by atoms with Crippen LogP contribution in [0.1, 0.15) is 57.4 Å². The number of amidine groups is 1. The fraction of sp³-hybridized carbons (Fsp3) is 0.619.